The predicted octanol–water partition coefficient (Wildman–Crippen LogP) is 1.92. The number of nitrogens with zero attached hydrogens (tertiary/aromatic N) is 3. The second kappa shape index (κ2) is 4.76. The van der Waals surface area contributed by atoms with Crippen molar-refractivity contribution in [2.24, 2.45) is 7.05 Å². The molecule has 0 N–H and O–H groups in total. The molecule has 104 valence electrons. The molecule has 2 heterocycles. The van der Waals surface area contributed by atoms with E-state index in [1.54, 1.807) is 29.5 Å². The van der Waals surface area contributed by atoms with E-state index in [4.69, 9.17) is 4.74 Å². The third-order valence-electron chi connectivity index (χ3n) is 3.72. The van der Waals surface area contributed by atoms with Crippen LogP contribution in [0, 0.1) is 0 Å². The number of aryl methyl sites for hydroxylation is 1. The van der Waals surface area contributed by atoms with Crippen molar-refractivity contribution in [1.82, 2.24) is 14.1 Å². The fourth-order valence-corrected chi connectivity index (χ4v) is 2.53. The summed E-state index contributed by atoms with van der Waals surface area (Å²) in [7, 11) is 3.43. The molecule has 2 aromatic heterocycles. The minimum absolute atomic E-state index is 0.0229. The van der Waals surface area contributed by atoms with Crippen molar-refractivity contribution in [3.05, 3.63) is 40.9 Å². The maximum absolute atomic E-state index is 12.4. The van der Waals surface area contributed by atoms with Gasteiger partial charge in [-0.15, -0.1) is 0 Å². The summed E-state index contributed by atoms with van der Waals surface area (Å²) in [6.45, 7) is 2.48. The molecule has 1 aromatic carbocycles. The van der Waals surface area contributed by atoms with Crippen LogP contribution in [0.2, 0.25) is 0 Å². The average Bonchev–Trinajstić information content (AvgIpc) is 2.72. The van der Waals surface area contributed by atoms with Gasteiger partial charge in [0.2, 0.25) is 0 Å². The molecule has 0 radical (unpaired) electrons. The van der Waals surface area contributed by atoms with Crippen LogP contribution in [0.4, 0.5) is 0 Å². The van der Waals surface area contributed by atoms with E-state index in [0.717, 1.165) is 21.9 Å². The van der Waals surface area contributed by atoms with Gasteiger partial charge in [0, 0.05) is 19.5 Å². The first-order valence-electron chi connectivity index (χ1n) is 6.59. The number of fused-ring (bicyclic) bond motifs is 3. The minimum Gasteiger partial charge on any atom is -0.380 e. The van der Waals surface area contributed by atoms with Gasteiger partial charge in [0.1, 0.15) is 0 Å². The molecule has 0 unspecified atom stereocenters. The molecule has 0 saturated carbocycles. The van der Waals surface area contributed by atoms with E-state index >= 15 is 0 Å². The Kier molecular flexibility index (Phi) is 3.06. The van der Waals surface area contributed by atoms with E-state index in [9.17, 15) is 4.79 Å². The smallest absolute Gasteiger partial charge is 0.328 e. The van der Waals surface area contributed by atoms with Crippen molar-refractivity contribution < 1.29 is 4.74 Å². The van der Waals surface area contributed by atoms with Gasteiger partial charge in [-0.05, 0) is 13.0 Å². The second-order valence-electron chi connectivity index (χ2n) is 5.01. The van der Waals surface area contributed by atoms with E-state index in [-0.39, 0.29) is 11.8 Å². The van der Waals surface area contributed by atoms with Crippen molar-refractivity contribution in [2.75, 3.05) is 7.11 Å². The first-order chi connectivity index (χ1) is 9.63. The van der Waals surface area contributed by atoms with Crippen LogP contribution in [0.3, 0.4) is 0 Å². The third kappa shape index (κ3) is 1.82. The highest BCUT2D eigenvalue weighted by Crippen LogP contribution is 2.22. The van der Waals surface area contributed by atoms with E-state index in [1.165, 1.54) is 0 Å². The lowest BCUT2D eigenvalue weighted by Crippen LogP contribution is -2.27. The molecule has 1 atom stereocenters. The monoisotopic (exact) mass is 271 g/mol. The molecule has 0 fully saturated rings. The van der Waals surface area contributed by atoms with Crippen molar-refractivity contribution in [3.63, 3.8) is 0 Å². The minimum atomic E-state index is -0.0398. The van der Waals surface area contributed by atoms with Gasteiger partial charge in [0.25, 0.3) is 0 Å². The quantitative estimate of drug-likeness (QED) is 0.731. The molecular weight excluding hydrogens is 254 g/mol. The Morgan fingerprint density at radius 1 is 1.35 bits per heavy atom. The number of hydrogen-bond acceptors (Lipinski definition) is 3. The van der Waals surface area contributed by atoms with Crippen LogP contribution in [0.25, 0.3) is 21.9 Å². The molecular formula is C15H17N3O2. The van der Waals surface area contributed by atoms with E-state index in [1.807, 2.05) is 31.2 Å². The van der Waals surface area contributed by atoms with Crippen LogP contribution in [-0.4, -0.2) is 27.3 Å². The standard InChI is InChI=1S/C15H17N3O2/c1-10(20-3)9-18-14-11-6-4-5-7-12(11)16-8-13(14)17(2)15(18)19/h4-8,10H,9H2,1-3H3/t10-/m0/s1. The van der Waals surface area contributed by atoms with Gasteiger partial charge in [-0.2, -0.15) is 0 Å². The Morgan fingerprint density at radius 3 is 2.85 bits per heavy atom. The maximum atomic E-state index is 12.4. The molecule has 0 spiro atoms. The van der Waals surface area contributed by atoms with Crippen LogP contribution >= 0.6 is 0 Å². The molecule has 5 nitrogen and oxygen atoms in total. The first-order valence-corrected chi connectivity index (χ1v) is 6.59. The maximum Gasteiger partial charge on any atom is 0.328 e. The summed E-state index contributed by atoms with van der Waals surface area (Å²) < 4.78 is 8.70. The lowest BCUT2D eigenvalue weighted by atomic mass is 10.2. The summed E-state index contributed by atoms with van der Waals surface area (Å²) in [4.78, 5) is 16.8. The van der Waals surface area contributed by atoms with Crippen LogP contribution in [0.15, 0.2) is 35.3 Å². The van der Waals surface area contributed by atoms with Crippen molar-refractivity contribution in [1.29, 1.82) is 0 Å². The number of para-hydroxylation sites is 1. The summed E-state index contributed by atoms with van der Waals surface area (Å²) in [5.41, 5.74) is 2.62. The first kappa shape index (κ1) is 12.9. The SMILES string of the molecule is CO[C@@H](C)Cn1c(=O)n(C)c2cnc3ccccc3c21. The van der Waals surface area contributed by atoms with Crippen molar-refractivity contribution in [3.8, 4) is 0 Å². The zero-order valence-corrected chi connectivity index (χ0v) is 11.8. The molecule has 3 aromatic rings. The normalized spacial score (nSPS) is 13.2. The molecule has 0 aliphatic rings. The second-order valence-corrected chi connectivity index (χ2v) is 5.01. The largest absolute Gasteiger partial charge is 0.380 e. The Labute approximate surface area is 116 Å². The molecule has 0 saturated heterocycles. The fourth-order valence-electron chi connectivity index (χ4n) is 2.53. The molecule has 0 amide bonds. The topological polar surface area (TPSA) is 49.0 Å². The number of aromatic nitrogens is 3. The molecule has 0 aliphatic heterocycles. The van der Waals surface area contributed by atoms with E-state index in [2.05, 4.69) is 4.98 Å². The summed E-state index contributed by atoms with van der Waals surface area (Å²) in [6, 6.07) is 7.86. The van der Waals surface area contributed by atoms with E-state index < -0.39 is 0 Å². The predicted molar refractivity (Wildman–Crippen MR) is 79.0 cm³/mol. The fraction of sp³-hybridized carbons (Fsp3) is 0.333. The Morgan fingerprint density at radius 2 is 2.10 bits per heavy atom. The number of hydrogen-bond donors (Lipinski definition) is 0. The van der Waals surface area contributed by atoms with E-state index in [0.29, 0.717) is 6.54 Å². The highest BCUT2D eigenvalue weighted by molar-refractivity contribution is 6.02. The number of benzene rings is 1. The number of ether oxygens (including phenoxy) is 1. The van der Waals surface area contributed by atoms with Gasteiger partial charge < -0.3 is 4.74 Å². The lowest BCUT2D eigenvalue weighted by Gasteiger charge is -2.11. The van der Waals surface area contributed by atoms with Crippen molar-refractivity contribution >= 4 is 21.9 Å². The number of methoxy groups -OCH3 is 1. The van der Waals surface area contributed by atoms with Gasteiger partial charge >= 0.3 is 5.69 Å². The van der Waals surface area contributed by atoms with Gasteiger partial charge in [-0.25, -0.2) is 4.79 Å². The van der Waals surface area contributed by atoms with Crippen LogP contribution in [0.1, 0.15) is 6.92 Å². The Balaban J connectivity index is 2.40. The summed E-state index contributed by atoms with van der Waals surface area (Å²) in [5.74, 6) is 0. The van der Waals surface area contributed by atoms with Crippen LogP contribution < -0.4 is 5.69 Å². The summed E-state index contributed by atoms with van der Waals surface area (Å²) in [6.07, 6.45) is 1.73. The zero-order chi connectivity index (χ0) is 14.3. The highest BCUT2D eigenvalue weighted by Gasteiger charge is 2.15. The molecule has 5 heteroatoms. The summed E-state index contributed by atoms with van der Waals surface area (Å²) >= 11 is 0. The zero-order valence-electron chi connectivity index (χ0n) is 11.8. The molecule has 3 rings (SSSR count). The lowest BCUT2D eigenvalue weighted by molar-refractivity contribution is 0.103. The molecule has 0 bridgehead atoms. The number of pyridine rings is 1. The number of imidazole rings is 1. The average molecular weight is 271 g/mol. The van der Waals surface area contributed by atoms with Gasteiger partial charge in [0.15, 0.2) is 0 Å². The van der Waals surface area contributed by atoms with Gasteiger partial charge in [-0.1, -0.05) is 18.2 Å². The molecule has 0 aliphatic carbocycles. The summed E-state index contributed by atoms with van der Waals surface area (Å²) in [5, 5.41) is 0.992. The Bertz CT molecular complexity index is 832. The van der Waals surface area contributed by atoms with Gasteiger partial charge in [0.05, 0.1) is 35.4 Å². The third-order valence-corrected chi connectivity index (χ3v) is 3.72. The van der Waals surface area contributed by atoms with Crippen molar-refractivity contribution in [2.45, 2.75) is 19.6 Å². The van der Waals surface area contributed by atoms with Gasteiger partial charge in [-0.3, -0.25) is 14.1 Å². The highest BCUT2D eigenvalue weighted by atomic mass is 16.5. The van der Waals surface area contributed by atoms with Crippen LogP contribution in [-0.2, 0) is 18.3 Å². The molecule has 20 heavy (non-hydrogen) atoms. The van der Waals surface area contributed by atoms with Crippen LogP contribution in [0.5, 0.6) is 0 Å². The Hall–Kier alpha value is -2.14. The number of rotatable bonds is 3.